The van der Waals surface area contributed by atoms with Crippen LogP contribution in [0.4, 0.5) is 5.69 Å². The summed E-state index contributed by atoms with van der Waals surface area (Å²) in [5.41, 5.74) is 3.52. The number of anilines is 1. The van der Waals surface area contributed by atoms with Crippen LogP contribution in [-0.4, -0.2) is 44.5 Å². The van der Waals surface area contributed by atoms with Gasteiger partial charge in [0.25, 0.3) is 20.2 Å². The van der Waals surface area contributed by atoms with Crippen molar-refractivity contribution in [3.63, 3.8) is 0 Å². The van der Waals surface area contributed by atoms with Gasteiger partial charge in [0.1, 0.15) is 4.90 Å². The Hall–Kier alpha value is -1.78. The van der Waals surface area contributed by atoms with Gasteiger partial charge in [0, 0.05) is 0 Å². The van der Waals surface area contributed by atoms with E-state index in [2.05, 4.69) is 5.10 Å². The molecule has 0 amide bonds. The van der Waals surface area contributed by atoms with E-state index in [1.165, 1.54) is 0 Å². The zero-order valence-electron chi connectivity index (χ0n) is 10.3. The van der Waals surface area contributed by atoms with Crippen molar-refractivity contribution in [1.82, 2.24) is 5.53 Å². The lowest BCUT2D eigenvalue weighted by atomic mass is 10.3. The molecule has 0 saturated heterocycles. The second kappa shape index (κ2) is 6.15. The van der Waals surface area contributed by atoms with E-state index in [0.29, 0.717) is 6.07 Å². The van der Waals surface area contributed by atoms with Crippen molar-refractivity contribution in [2.24, 2.45) is 5.10 Å². The van der Waals surface area contributed by atoms with Crippen LogP contribution in [0.25, 0.3) is 0 Å². The Labute approximate surface area is 125 Å². The Morgan fingerprint density at radius 2 is 1.55 bits per heavy atom. The van der Waals surface area contributed by atoms with E-state index in [-0.39, 0.29) is 5.55 Å². The zero-order chi connectivity index (χ0) is 17.2. The molecule has 1 rings (SSSR count). The van der Waals surface area contributed by atoms with Crippen molar-refractivity contribution >= 4 is 41.6 Å². The summed E-state index contributed by atoms with van der Waals surface area (Å²) in [5, 5.41) is 2.96. The van der Waals surface area contributed by atoms with E-state index in [9.17, 15) is 25.3 Å². The maximum atomic E-state index is 11.2. The lowest BCUT2D eigenvalue weighted by Crippen LogP contribution is -2.18. The summed E-state index contributed by atoms with van der Waals surface area (Å²) in [6.45, 7) is 0. The molecule has 0 unspecified atom stereocenters. The Morgan fingerprint density at radius 3 is 2.00 bits per heavy atom. The van der Waals surface area contributed by atoms with Gasteiger partial charge in [-0.1, -0.05) is 0 Å². The minimum atomic E-state index is -4.88. The number of nitrogens with zero attached hydrogens (tertiary/aromatic N) is 1. The van der Waals surface area contributed by atoms with Gasteiger partial charge in [-0.25, -0.2) is 5.53 Å². The fourth-order valence-electron chi connectivity index (χ4n) is 1.17. The van der Waals surface area contributed by atoms with Crippen LogP contribution in [0, 0.1) is 0 Å². The molecule has 124 valence electrons. The van der Waals surface area contributed by atoms with Gasteiger partial charge in [0.15, 0.2) is 5.55 Å². The molecule has 0 heterocycles. The van der Waals surface area contributed by atoms with Crippen LogP contribution in [0.15, 0.2) is 33.1 Å². The van der Waals surface area contributed by atoms with E-state index in [1.54, 1.807) is 0 Å². The summed E-state index contributed by atoms with van der Waals surface area (Å²) in [7, 11) is -14.1. The molecular weight excluding hydrogens is 366 g/mol. The molecule has 0 radical (unpaired) electrons. The van der Waals surface area contributed by atoms with Gasteiger partial charge in [-0.2, -0.15) is 30.4 Å². The third kappa shape index (κ3) is 5.54. The lowest BCUT2D eigenvalue weighted by molar-refractivity contribution is 0.480. The monoisotopic (exact) mass is 375 g/mol. The minimum Gasteiger partial charge on any atom is -0.284 e. The minimum absolute atomic E-state index is 0.0830. The summed E-state index contributed by atoms with van der Waals surface area (Å²) in [5.74, 6) is 0. The molecule has 0 aliphatic rings. The summed E-state index contributed by atoms with van der Waals surface area (Å²) in [4.78, 5) is -1.73. The number of hydrazine groups is 1. The fraction of sp³-hybridized carbons (Fsp3) is 0. The largest absolute Gasteiger partial charge is 0.306 e. The topological polar surface area (TPSA) is 200 Å². The first-order chi connectivity index (χ1) is 9.81. The number of hydrazone groups is 1. The first-order valence-corrected chi connectivity index (χ1v) is 9.29. The molecule has 5 N–H and O–H groups in total. The number of hydrogen-bond donors (Lipinski definition) is 5. The average molecular weight is 375 g/mol. The highest BCUT2D eigenvalue weighted by molar-refractivity contribution is 7.99. The van der Waals surface area contributed by atoms with E-state index < -0.39 is 45.8 Å². The molecule has 15 heteroatoms. The second-order valence-corrected chi connectivity index (χ2v) is 7.65. The maximum absolute atomic E-state index is 11.2. The molecule has 0 aliphatic carbocycles. The zero-order valence-corrected chi connectivity index (χ0v) is 12.7. The average Bonchev–Trinajstić information content (AvgIpc) is 2.31. The number of hydrogen-bond acceptors (Lipinski definition) is 9. The van der Waals surface area contributed by atoms with E-state index in [1.807, 2.05) is 11.0 Å². The van der Waals surface area contributed by atoms with Crippen molar-refractivity contribution in [2.75, 3.05) is 5.43 Å². The Morgan fingerprint density at radius 1 is 0.955 bits per heavy atom. The highest BCUT2D eigenvalue weighted by Gasteiger charge is 2.20. The van der Waals surface area contributed by atoms with Crippen LogP contribution < -0.4 is 11.0 Å². The molecule has 0 fully saturated rings. The predicted molar refractivity (Wildman–Crippen MR) is 72.9 cm³/mol. The Bertz CT molecular complexity index is 902. The molecule has 0 atom stereocenters. The molecule has 0 saturated carbocycles. The number of benzene rings is 1. The van der Waals surface area contributed by atoms with E-state index in [0.717, 1.165) is 12.1 Å². The molecule has 0 aromatic heterocycles. The third-order valence-corrected chi connectivity index (χ3v) is 4.08. The van der Waals surface area contributed by atoms with E-state index in [4.69, 9.17) is 13.7 Å². The lowest BCUT2D eigenvalue weighted by Gasteiger charge is -2.10. The number of nitrogens with one attached hydrogen (secondary N) is 2. The molecular formula is C7H9N3O9S3. The summed E-state index contributed by atoms with van der Waals surface area (Å²) < 4.78 is 91.0. The molecule has 22 heavy (non-hydrogen) atoms. The highest BCUT2D eigenvalue weighted by Crippen LogP contribution is 2.24. The summed E-state index contributed by atoms with van der Waals surface area (Å²) >= 11 is 0. The first-order valence-electron chi connectivity index (χ1n) is 4.91. The molecule has 12 nitrogen and oxygen atoms in total. The van der Waals surface area contributed by atoms with Gasteiger partial charge in [-0.15, -0.1) is 0 Å². The van der Waals surface area contributed by atoms with Crippen LogP contribution in [0.2, 0.25) is 0 Å². The van der Waals surface area contributed by atoms with Gasteiger partial charge < -0.3 is 0 Å². The number of rotatable bonds is 6. The first kappa shape index (κ1) is 18.3. The van der Waals surface area contributed by atoms with Gasteiger partial charge in [0.05, 0.1) is 10.6 Å². The van der Waals surface area contributed by atoms with Crippen molar-refractivity contribution in [3.8, 4) is 0 Å². The maximum Gasteiger partial charge on any atom is 0.306 e. The highest BCUT2D eigenvalue weighted by atomic mass is 32.2. The normalized spacial score (nSPS) is 13.2. The third-order valence-electron chi connectivity index (χ3n) is 1.97. The molecule has 0 bridgehead atoms. The van der Waals surface area contributed by atoms with Crippen molar-refractivity contribution in [3.05, 3.63) is 18.2 Å². The predicted octanol–water partition coefficient (Wildman–Crippen LogP) is -1.07. The smallest absolute Gasteiger partial charge is 0.284 e. The Balaban J connectivity index is 3.18. The second-order valence-electron chi connectivity index (χ2n) is 3.59. The summed E-state index contributed by atoms with van der Waals surface area (Å²) in [6.07, 6.45) is 0. The summed E-state index contributed by atoms with van der Waals surface area (Å²) in [6, 6.07) is 2.11. The standard InChI is InChI=1S/C7H9N3O9S3/c11-20(12,13)4-8-10-9-6-2-1-5(21(14,15)16)3-7(6)22(17,18)19/h1-4,9-10H,(H,11,12,13)(H,14,15,16)(H,17,18,19). The van der Waals surface area contributed by atoms with E-state index >= 15 is 0 Å². The van der Waals surface area contributed by atoms with Crippen molar-refractivity contribution in [1.29, 1.82) is 0 Å². The SMILES string of the molecule is O=S(=O)(O)C=NNNc1ccc(S(=O)(=O)O)cc1S(=O)(=O)O. The molecule has 0 aliphatic heterocycles. The van der Waals surface area contributed by atoms with Crippen LogP contribution in [0.5, 0.6) is 0 Å². The van der Waals surface area contributed by atoms with Crippen molar-refractivity contribution in [2.45, 2.75) is 9.79 Å². The van der Waals surface area contributed by atoms with Crippen LogP contribution in [-0.2, 0) is 30.4 Å². The molecule has 1 aromatic carbocycles. The quantitative estimate of drug-likeness (QED) is 0.175. The Kier molecular flexibility index (Phi) is 5.10. The van der Waals surface area contributed by atoms with Crippen LogP contribution >= 0.6 is 0 Å². The molecule has 0 spiro atoms. The van der Waals surface area contributed by atoms with Gasteiger partial charge in [-0.05, 0) is 18.2 Å². The fourth-order valence-corrected chi connectivity index (χ4v) is 2.61. The van der Waals surface area contributed by atoms with Crippen LogP contribution in [0.3, 0.4) is 0 Å². The van der Waals surface area contributed by atoms with Gasteiger partial charge in [0.2, 0.25) is 0 Å². The van der Waals surface area contributed by atoms with Crippen molar-refractivity contribution < 1.29 is 38.9 Å². The van der Waals surface area contributed by atoms with Gasteiger partial charge in [-0.3, -0.25) is 19.1 Å². The van der Waals surface area contributed by atoms with Crippen LogP contribution in [0.1, 0.15) is 0 Å². The molecule has 1 aromatic rings. The van der Waals surface area contributed by atoms with Gasteiger partial charge >= 0.3 is 10.1 Å².